The van der Waals surface area contributed by atoms with Gasteiger partial charge in [-0.05, 0) is 0 Å². The van der Waals surface area contributed by atoms with Crippen LogP contribution >= 0.6 is 99.7 Å². The van der Waals surface area contributed by atoms with Gasteiger partial charge in [-0.3, -0.25) is 0 Å². The molecule has 0 aromatic rings. The van der Waals surface area contributed by atoms with Crippen LogP contribution < -0.4 is 0 Å². The van der Waals surface area contributed by atoms with Crippen LogP contribution in [-0.2, 0) is 0 Å². The molecular formula is C7H7Cl9Si4. The van der Waals surface area contributed by atoms with Crippen LogP contribution in [0.4, 0.5) is 0 Å². The fourth-order valence-corrected chi connectivity index (χ4v) is 135. The third-order valence-electron chi connectivity index (χ3n) is 2.91. The van der Waals surface area contributed by atoms with Crippen molar-refractivity contribution in [3.8, 4) is 0 Å². The van der Waals surface area contributed by atoms with Crippen molar-refractivity contribution in [2.24, 2.45) is 5.92 Å². The lowest BCUT2D eigenvalue weighted by atomic mass is 10.2. The second-order valence-corrected chi connectivity index (χ2v) is 56.3. The van der Waals surface area contributed by atoms with Gasteiger partial charge in [-0.2, -0.15) is 0 Å². The summed E-state index contributed by atoms with van der Waals surface area (Å²) in [4.78, 5) is 0. The zero-order chi connectivity index (χ0) is 16.0. The maximum absolute atomic E-state index is 6.28. The van der Waals surface area contributed by atoms with Crippen molar-refractivity contribution in [3.63, 3.8) is 0 Å². The second kappa shape index (κ2) is 6.90. The fourth-order valence-electron chi connectivity index (χ4n) is 1.94. The van der Waals surface area contributed by atoms with Gasteiger partial charge < -0.3 is 0 Å². The Hall–Kier alpha value is 2.70. The standard InChI is InChI=1S/C7H7Cl9Si4/c1-6(7-4-2-3-5-7)17(18(8,9)10,19(11,12)13)20(14,15)16/h2-5,7H,1H2. The van der Waals surface area contributed by atoms with Gasteiger partial charge in [0, 0.05) is 5.92 Å². The Morgan fingerprint density at radius 3 is 1.25 bits per heavy atom. The highest BCUT2D eigenvalue weighted by atomic mass is 35.9. The summed E-state index contributed by atoms with van der Waals surface area (Å²) in [5.74, 6) is -0.226. The molecule has 0 spiro atoms. The van der Waals surface area contributed by atoms with E-state index in [-0.39, 0.29) is 5.92 Å². The number of halogens is 9. The maximum Gasteiger partial charge on any atom is 0.333 e. The SMILES string of the molecule is C=C(C1C=CC=C1)[Si]([Si](Cl)(Cl)Cl)([Si](Cl)(Cl)Cl)[Si](Cl)(Cl)Cl. The Kier molecular flexibility index (Phi) is 7.16. The van der Waals surface area contributed by atoms with Crippen LogP contribution in [0.5, 0.6) is 0 Å². The molecule has 1 aliphatic carbocycles. The third-order valence-corrected chi connectivity index (χ3v) is 86.2. The summed E-state index contributed by atoms with van der Waals surface area (Å²) in [5.41, 5.74) is -10.9. The Balaban J connectivity index is 3.59. The quantitative estimate of drug-likeness (QED) is 0.287. The molecule has 0 N–H and O–H groups in total. The second-order valence-electron chi connectivity index (χ2n) is 4.06. The molecule has 114 valence electrons. The Bertz CT molecular complexity index is 406. The molecule has 0 aliphatic heterocycles. The molecule has 0 saturated carbocycles. The predicted octanol–water partition coefficient (Wildman–Crippen LogP) is 6.47. The molecule has 0 unspecified atom stereocenters. The Morgan fingerprint density at radius 1 is 0.700 bits per heavy atom. The largest absolute Gasteiger partial charge is 0.333 e. The minimum absolute atomic E-state index is 0.226. The van der Waals surface area contributed by atoms with E-state index in [0.717, 1.165) is 0 Å². The van der Waals surface area contributed by atoms with Crippen molar-refractivity contribution in [3.05, 3.63) is 36.1 Å². The van der Waals surface area contributed by atoms with E-state index in [9.17, 15) is 0 Å². The third kappa shape index (κ3) is 3.68. The predicted molar refractivity (Wildman–Crippen MR) is 107 cm³/mol. The first-order chi connectivity index (χ1) is 8.77. The highest BCUT2D eigenvalue weighted by Crippen LogP contribution is 2.56. The molecule has 0 atom stereocenters. The lowest BCUT2D eigenvalue weighted by molar-refractivity contribution is 1.06. The van der Waals surface area contributed by atoms with Crippen molar-refractivity contribution >= 4 is 123 Å². The van der Waals surface area contributed by atoms with E-state index in [1.165, 1.54) is 0 Å². The molecule has 1 aliphatic rings. The summed E-state index contributed by atoms with van der Waals surface area (Å²) in [5, 5.41) is 0.493. The molecule has 0 fully saturated rings. The van der Waals surface area contributed by atoms with Gasteiger partial charge in [-0.25, -0.2) is 0 Å². The molecule has 0 aromatic carbocycles. The van der Waals surface area contributed by atoms with Gasteiger partial charge >= 0.3 is 16.6 Å². The summed E-state index contributed by atoms with van der Waals surface area (Å²) in [6.07, 6.45) is 7.36. The number of hydrogen-bond donors (Lipinski definition) is 0. The lowest BCUT2D eigenvalue weighted by Crippen LogP contribution is -2.78. The van der Waals surface area contributed by atoms with E-state index in [4.69, 9.17) is 99.7 Å². The molecule has 0 bridgehead atoms. The van der Waals surface area contributed by atoms with E-state index in [2.05, 4.69) is 6.58 Å². The highest BCUT2D eigenvalue weighted by molar-refractivity contribution is 8.29. The minimum Gasteiger partial charge on any atom is -0.130 e. The first-order valence-electron chi connectivity index (χ1n) is 5.01. The summed E-state index contributed by atoms with van der Waals surface area (Å²) in [7, 11) is 0. The van der Waals surface area contributed by atoms with E-state index in [1.54, 1.807) is 0 Å². The molecule has 0 heterocycles. The monoisotopic (exact) mass is 518 g/mol. The van der Waals surface area contributed by atoms with Crippen molar-refractivity contribution in [2.75, 3.05) is 0 Å². The van der Waals surface area contributed by atoms with Crippen LogP contribution in [0.1, 0.15) is 0 Å². The van der Waals surface area contributed by atoms with E-state index in [0.29, 0.717) is 5.20 Å². The zero-order valence-corrected chi connectivity index (χ0v) is 20.3. The molecule has 0 aromatic heterocycles. The molecule has 1 rings (SSSR count). The van der Waals surface area contributed by atoms with Crippen LogP contribution in [0.2, 0.25) is 0 Å². The van der Waals surface area contributed by atoms with Crippen LogP contribution in [0.25, 0.3) is 0 Å². The average molecular weight is 523 g/mol. The maximum atomic E-state index is 6.28. The number of hydrogen-bond acceptors (Lipinski definition) is 0. The van der Waals surface area contributed by atoms with Gasteiger partial charge in [0.2, 0.25) is 6.63 Å². The topological polar surface area (TPSA) is 0 Å². The lowest BCUT2D eigenvalue weighted by Gasteiger charge is -2.45. The van der Waals surface area contributed by atoms with Gasteiger partial charge in [-0.1, -0.05) is 29.5 Å². The first-order valence-corrected chi connectivity index (χ1v) is 25.1. The van der Waals surface area contributed by atoms with E-state index >= 15 is 0 Å². The van der Waals surface area contributed by atoms with Crippen LogP contribution in [-0.4, -0.2) is 23.2 Å². The molecule has 0 nitrogen and oxygen atoms in total. The zero-order valence-electron chi connectivity index (χ0n) is 9.50. The van der Waals surface area contributed by atoms with Gasteiger partial charge in [0.05, 0.1) is 0 Å². The van der Waals surface area contributed by atoms with Crippen LogP contribution in [0, 0.1) is 5.92 Å². The van der Waals surface area contributed by atoms with Crippen molar-refractivity contribution in [2.45, 2.75) is 0 Å². The van der Waals surface area contributed by atoms with Crippen molar-refractivity contribution in [1.82, 2.24) is 0 Å². The minimum atomic E-state index is -3.62. The Labute approximate surface area is 163 Å². The van der Waals surface area contributed by atoms with Gasteiger partial charge in [0.1, 0.15) is 0 Å². The van der Waals surface area contributed by atoms with Crippen LogP contribution in [0.3, 0.4) is 0 Å². The summed E-state index contributed by atoms with van der Waals surface area (Å²) < 4.78 is 0. The average Bonchev–Trinajstić information content (AvgIpc) is 2.61. The van der Waals surface area contributed by atoms with Crippen molar-refractivity contribution in [1.29, 1.82) is 0 Å². The molecule has 13 heteroatoms. The van der Waals surface area contributed by atoms with Gasteiger partial charge in [-0.15, -0.1) is 106 Å². The Morgan fingerprint density at radius 2 is 1.00 bits per heavy atom. The smallest absolute Gasteiger partial charge is 0.130 e. The van der Waals surface area contributed by atoms with Gasteiger partial charge in [0.15, 0.2) is 0 Å². The van der Waals surface area contributed by atoms with Crippen molar-refractivity contribution < 1.29 is 0 Å². The van der Waals surface area contributed by atoms with E-state index < -0.39 is 23.2 Å². The number of rotatable bonds is 5. The molecule has 0 amide bonds. The summed E-state index contributed by atoms with van der Waals surface area (Å²) >= 11 is 56.6. The summed E-state index contributed by atoms with van der Waals surface area (Å²) in [6, 6.07) is 0. The highest BCUT2D eigenvalue weighted by Gasteiger charge is 2.79. The van der Waals surface area contributed by atoms with Gasteiger partial charge in [0.25, 0.3) is 0 Å². The normalized spacial score (nSPS) is 17.9. The fraction of sp³-hybridized carbons (Fsp3) is 0.143. The molecular weight excluding hydrogens is 515 g/mol. The summed E-state index contributed by atoms with van der Waals surface area (Å²) in [6.45, 7) is 0.452. The first kappa shape index (κ1) is 20.7. The molecule has 20 heavy (non-hydrogen) atoms. The number of allylic oxidation sites excluding steroid dienone is 5. The van der Waals surface area contributed by atoms with Crippen LogP contribution in [0.15, 0.2) is 36.1 Å². The molecule has 0 saturated heterocycles. The van der Waals surface area contributed by atoms with E-state index in [1.807, 2.05) is 24.3 Å². The molecule has 0 radical (unpaired) electrons.